The highest BCUT2D eigenvalue weighted by Gasteiger charge is 2.34. The van der Waals surface area contributed by atoms with Gasteiger partial charge >= 0.3 is 0 Å². The zero-order valence-electron chi connectivity index (χ0n) is 14.5. The van der Waals surface area contributed by atoms with Crippen LogP contribution in [-0.4, -0.2) is 67.0 Å². The molecule has 134 valence electrons. The van der Waals surface area contributed by atoms with Crippen LogP contribution in [0.5, 0.6) is 0 Å². The van der Waals surface area contributed by atoms with Gasteiger partial charge < -0.3 is 9.80 Å². The predicted octanol–water partition coefficient (Wildman–Crippen LogP) is 1.08. The molecule has 0 atom stereocenters. The normalized spacial score (nSPS) is 18.0. The molecule has 0 radical (unpaired) electrons. The molecule has 0 unspecified atom stereocenters. The maximum absolute atomic E-state index is 12.4. The van der Waals surface area contributed by atoms with Crippen LogP contribution in [0.2, 0.25) is 0 Å². The second-order valence-corrected chi connectivity index (χ2v) is 7.09. The molecule has 1 aliphatic carbocycles. The van der Waals surface area contributed by atoms with E-state index in [-0.39, 0.29) is 11.9 Å². The average Bonchev–Trinajstić information content (AvgIpc) is 3.21. The fourth-order valence-corrected chi connectivity index (χ4v) is 3.50. The molecule has 1 saturated heterocycles. The van der Waals surface area contributed by atoms with Crippen molar-refractivity contribution in [2.45, 2.75) is 31.2 Å². The molecule has 1 amide bonds. The number of hydrogen-bond acceptors (Lipinski definition) is 6. The molecular weight excluding hydrogens is 332 g/mol. The Kier molecular flexibility index (Phi) is 3.41. The molecule has 1 saturated carbocycles. The number of amides is 1. The van der Waals surface area contributed by atoms with E-state index in [9.17, 15) is 4.79 Å². The van der Waals surface area contributed by atoms with Crippen molar-refractivity contribution in [3.8, 4) is 0 Å². The van der Waals surface area contributed by atoms with Crippen LogP contribution in [0.25, 0.3) is 5.65 Å². The number of anilines is 1. The van der Waals surface area contributed by atoms with Crippen LogP contribution >= 0.6 is 0 Å². The van der Waals surface area contributed by atoms with Crippen molar-refractivity contribution < 1.29 is 4.79 Å². The minimum atomic E-state index is -0.0401. The number of fused-ring (bicyclic) bond motifs is 1. The first-order valence-electron chi connectivity index (χ1n) is 8.94. The largest absolute Gasteiger partial charge is 0.351 e. The van der Waals surface area contributed by atoms with Crippen molar-refractivity contribution in [1.82, 2.24) is 34.9 Å². The smallest absolute Gasteiger partial charge is 0.271 e. The van der Waals surface area contributed by atoms with Crippen LogP contribution in [0.1, 0.15) is 41.5 Å². The van der Waals surface area contributed by atoms with E-state index in [1.165, 1.54) is 19.3 Å². The van der Waals surface area contributed by atoms with Crippen molar-refractivity contribution in [2.24, 2.45) is 0 Å². The van der Waals surface area contributed by atoms with Crippen molar-refractivity contribution in [3.05, 3.63) is 35.9 Å². The van der Waals surface area contributed by atoms with Crippen molar-refractivity contribution >= 4 is 17.4 Å². The van der Waals surface area contributed by atoms with Gasteiger partial charge in [0.25, 0.3) is 5.91 Å². The molecule has 4 heterocycles. The highest BCUT2D eigenvalue weighted by Crippen LogP contribution is 2.35. The Hall–Kier alpha value is -2.97. The minimum absolute atomic E-state index is 0.0401. The maximum Gasteiger partial charge on any atom is 0.271 e. The summed E-state index contributed by atoms with van der Waals surface area (Å²) < 4.78 is 1.88. The fraction of sp³-hybridized carbons (Fsp3) is 0.471. The van der Waals surface area contributed by atoms with Crippen LogP contribution in [-0.2, 0) is 0 Å². The topological polar surface area (TPSA) is 95.3 Å². The van der Waals surface area contributed by atoms with E-state index >= 15 is 0 Å². The lowest BCUT2D eigenvalue weighted by Gasteiger charge is -2.44. The van der Waals surface area contributed by atoms with Crippen LogP contribution in [0.15, 0.2) is 24.4 Å². The van der Waals surface area contributed by atoms with Gasteiger partial charge in [0, 0.05) is 32.3 Å². The summed E-state index contributed by atoms with van der Waals surface area (Å²) in [5, 5.41) is 19.9. The van der Waals surface area contributed by atoms with E-state index in [1.807, 2.05) is 23.7 Å². The molecule has 1 aliphatic heterocycles. The van der Waals surface area contributed by atoms with E-state index in [0.29, 0.717) is 11.6 Å². The minimum Gasteiger partial charge on any atom is -0.351 e. The summed E-state index contributed by atoms with van der Waals surface area (Å²) in [6.07, 6.45) is 5.17. The van der Waals surface area contributed by atoms with Crippen molar-refractivity contribution in [2.75, 3.05) is 25.0 Å². The Balaban J connectivity index is 1.30. The van der Waals surface area contributed by atoms with Gasteiger partial charge in [0.05, 0.1) is 6.04 Å². The molecule has 26 heavy (non-hydrogen) atoms. The quantitative estimate of drug-likeness (QED) is 0.755. The van der Waals surface area contributed by atoms with Gasteiger partial charge in [0.2, 0.25) is 0 Å². The maximum atomic E-state index is 12.4. The van der Waals surface area contributed by atoms with E-state index in [4.69, 9.17) is 5.10 Å². The molecule has 3 aromatic heterocycles. The number of carbonyl (C=O) groups excluding carboxylic acids is 1. The molecule has 5 rings (SSSR count). The highest BCUT2D eigenvalue weighted by atomic mass is 16.2. The summed E-state index contributed by atoms with van der Waals surface area (Å²) in [7, 11) is 1.83. The average molecular weight is 352 g/mol. The number of H-pyrrole nitrogens is 1. The zero-order valence-corrected chi connectivity index (χ0v) is 14.5. The molecule has 2 fully saturated rings. The van der Waals surface area contributed by atoms with Gasteiger partial charge in [0.1, 0.15) is 11.5 Å². The van der Waals surface area contributed by atoms with Gasteiger partial charge in [-0.05, 0) is 31.0 Å². The highest BCUT2D eigenvalue weighted by molar-refractivity contribution is 5.92. The van der Waals surface area contributed by atoms with Crippen LogP contribution in [0, 0.1) is 0 Å². The number of hydrogen-bond donors (Lipinski definition) is 1. The third-order valence-corrected chi connectivity index (χ3v) is 5.53. The van der Waals surface area contributed by atoms with Crippen molar-refractivity contribution in [3.63, 3.8) is 0 Å². The molecule has 2 aliphatic rings. The van der Waals surface area contributed by atoms with Gasteiger partial charge in [0.15, 0.2) is 11.5 Å². The van der Waals surface area contributed by atoms with E-state index in [1.54, 1.807) is 17.2 Å². The Morgan fingerprint density at radius 1 is 1.23 bits per heavy atom. The van der Waals surface area contributed by atoms with Crippen LogP contribution in [0.3, 0.4) is 0 Å². The van der Waals surface area contributed by atoms with Gasteiger partial charge in [-0.15, -0.1) is 15.3 Å². The Morgan fingerprint density at radius 2 is 2.08 bits per heavy atom. The lowest BCUT2D eigenvalue weighted by Crippen LogP contribution is -2.60. The van der Waals surface area contributed by atoms with Gasteiger partial charge in [-0.25, -0.2) is 0 Å². The van der Waals surface area contributed by atoms with Crippen LogP contribution < -0.4 is 4.90 Å². The first-order chi connectivity index (χ1) is 12.7. The summed E-state index contributed by atoms with van der Waals surface area (Å²) in [5.74, 6) is 2.31. The number of nitrogens with zero attached hydrogens (tertiary/aromatic N) is 7. The van der Waals surface area contributed by atoms with E-state index < -0.39 is 0 Å². The molecule has 9 heteroatoms. The zero-order chi connectivity index (χ0) is 17.7. The monoisotopic (exact) mass is 352 g/mol. The predicted molar refractivity (Wildman–Crippen MR) is 94.1 cm³/mol. The van der Waals surface area contributed by atoms with Crippen LogP contribution in [0.4, 0.5) is 5.82 Å². The van der Waals surface area contributed by atoms with Gasteiger partial charge in [-0.2, -0.15) is 9.61 Å². The lowest BCUT2D eigenvalue weighted by atomic mass is 9.85. The number of rotatable bonds is 4. The summed E-state index contributed by atoms with van der Waals surface area (Å²) in [6, 6.07) is 5.79. The molecule has 3 aromatic rings. The molecule has 0 spiro atoms. The summed E-state index contributed by atoms with van der Waals surface area (Å²) in [6.45, 7) is 1.52. The number of carbonyl (C=O) groups is 1. The molecular formula is C17H20N8O. The molecule has 0 aromatic carbocycles. The van der Waals surface area contributed by atoms with E-state index in [2.05, 4.69) is 25.3 Å². The third kappa shape index (κ3) is 2.34. The summed E-state index contributed by atoms with van der Waals surface area (Å²) in [4.78, 5) is 16.3. The molecule has 1 N–H and O–H groups in total. The Bertz CT molecular complexity index is 939. The fourth-order valence-electron chi connectivity index (χ4n) is 3.50. The number of likely N-dealkylation sites (N-methyl/N-ethyl adjacent to an activating group) is 1. The van der Waals surface area contributed by atoms with Gasteiger partial charge in [-0.1, -0.05) is 6.42 Å². The first kappa shape index (κ1) is 15.3. The number of nitrogens with one attached hydrogen (secondary N) is 1. The van der Waals surface area contributed by atoms with Crippen molar-refractivity contribution in [1.29, 1.82) is 0 Å². The summed E-state index contributed by atoms with van der Waals surface area (Å²) >= 11 is 0. The second-order valence-electron chi connectivity index (χ2n) is 7.09. The Morgan fingerprint density at radius 3 is 2.77 bits per heavy atom. The molecule has 0 bridgehead atoms. The number of aromatic nitrogens is 6. The SMILES string of the molecule is CN(C(=O)c1ccn[nH]1)C1CN(c2ccc3nnc(C4CCC4)n3n2)C1. The van der Waals surface area contributed by atoms with Gasteiger partial charge in [-0.3, -0.25) is 9.89 Å². The number of aromatic amines is 1. The third-order valence-electron chi connectivity index (χ3n) is 5.53. The Labute approximate surface area is 150 Å². The first-order valence-corrected chi connectivity index (χ1v) is 8.94. The van der Waals surface area contributed by atoms with E-state index in [0.717, 1.165) is 30.4 Å². The molecule has 9 nitrogen and oxygen atoms in total. The summed E-state index contributed by atoms with van der Waals surface area (Å²) in [5.41, 5.74) is 1.30. The standard InChI is InChI=1S/C17H20N8O/c1-23(17(26)13-7-8-18-19-13)12-9-24(10-12)15-6-5-14-20-21-16(25(14)22-15)11-3-2-4-11/h5-8,11-12H,2-4,9-10H2,1H3,(H,18,19). The lowest BCUT2D eigenvalue weighted by molar-refractivity contribution is 0.0699. The second kappa shape index (κ2) is 5.79.